The van der Waals surface area contributed by atoms with E-state index in [0.29, 0.717) is 17.5 Å². The molecule has 33 heavy (non-hydrogen) atoms. The Morgan fingerprint density at radius 1 is 1.24 bits per heavy atom. The molecule has 0 spiro atoms. The molecule has 3 rings (SSSR count). The first kappa shape index (κ1) is 24.1. The number of nitrogens with zero attached hydrogens (tertiary/aromatic N) is 4. The van der Waals surface area contributed by atoms with Crippen molar-refractivity contribution in [3.05, 3.63) is 76.6 Å². The lowest BCUT2D eigenvalue weighted by molar-refractivity contribution is -0.384. The molecule has 0 saturated heterocycles. The lowest BCUT2D eigenvalue weighted by atomic mass is 9.87. The maximum absolute atomic E-state index is 13.3. The number of amides is 1. The third-order valence-electron chi connectivity index (χ3n) is 4.80. The van der Waals surface area contributed by atoms with Crippen molar-refractivity contribution in [2.45, 2.75) is 37.9 Å². The van der Waals surface area contributed by atoms with Crippen molar-refractivity contribution in [2.75, 3.05) is 11.1 Å². The number of rotatable bonds is 8. The zero-order chi connectivity index (χ0) is 24.2. The molecule has 0 aliphatic carbocycles. The van der Waals surface area contributed by atoms with Crippen molar-refractivity contribution in [1.82, 2.24) is 14.8 Å². The number of allylic oxidation sites excluding steroid dienone is 1. The standard InChI is InChI=1S/C23H24FN5O3S/c1-5-12-28-21(15-6-8-16(9-7-15)23(2,3)4)26-27-22(28)33-14-20(30)25-18-11-10-17(24)13-19(18)29(31)32/h5-11,13H,1,12,14H2,2-4H3,(H,25,30). The van der Waals surface area contributed by atoms with Crippen LogP contribution < -0.4 is 5.32 Å². The smallest absolute Gasteiger partial charge is 0.295 e. The van der Waals surface area contributed by atoms with E-state index in [0.717, 1.165) is 35.5 Å². The minimum atomic E-state index is -0.755. The molecule has 1 amide bonds. The Morgan fingerprint density at radius 3 is 2.55 bits per heavy atom. The number of carbonyl (C=O) groups is 1. The molecule has 8 nitrogen and oxygen atoms in total. The normalized spacial score (nSPS) is 11.3. The fourth-order valence-corrected chi connectivity index (χ4v) is 3.85. The predicted octanol–water partition coefficient (Wildman–Crippen LogP) is 5.21. The van der Waals surface area contributed by atoms with Gasteiger partial charge in [-0.2, -0.15) is 0 Å². The summed E-state index contributed by atoms with van der Waals surface area (Å²) in [5.41, 5.74) is 1.53. The summed E-state index contributed by atoms with van der Waals surface area (Å²) in [4.78, 5) is 22.8. The molecule has 0 atom stereocenters. The second-order valence-electron chi connectivity index (χ2n) is 8.29. The molecule has 0 aliphatic rings. The summed E-state index contributed by atoms with van der Waals surface area (Å²) in [7, 11) is 0. The van der Waals surface area contributed by atoms with E-state index >= 15 is 0 Å². The fraction of sp³-hybridized carbons (Fsp3) is 0.261. The van der Waals surface area contributed by atoms with Gasteiger partial charge in [-0.1, -0.05) is 62.9 Å². The maximum atomic E-state index is 13.3. The number of anilines is 1. The Bertz CT molecular complexity index is 1190. The number of nitro benzene ring substituents is 1. The highest BCUT2D eigenvalue weighted by Gasteiger charge is 2.19. The summed E-state index contributed by atoms with van der Waals surface area (Å²) in [5.74, 6) is -0.659. The van der Waals surface area contributed by atoms with Gasteiger partial charge in [0.05, 0.1) is 16.7 Å². The average molecular weight is 470 g/mol. The monoisotopic (exact) mass is 469 g/mol. The van der Waals surface area contributed by atoms with E-state index in [1.54, 1.807) is 6.08 Å². The van der Waals surface area contributed by atoms with Crippen LogP contribution in [0.3, 0.4) is 0 Å². The summed E-state index contributed by atoms with van der Waals surface area (Å²) in [5, 5.41) is 22.6. The van der Waals surface area contributed by atoms with Gasteiger partial charge in [0.25, 0.3) is 5.69 Å². The van der Waals surface area contributed by atoms with Crippen LogP contribution in [-0.4, -0.2) is 31.3 Å². The van der Waals surface area contributed by atoms with Crippen LogP contribution in [0.4, 0.5) is 15.8 Å². The number of carbonyl (C=O) groups excluding carboxylic acids is 1. The third kappa shape index (κ3) is 5.83. The van der Waals surface area contributed by atoms with E-state index in [1.807, 2.05) is 16.7 Å². The van der Waals surface area contributed by atoms with Gasteiger partial charge in [-0.15, -0.1) is 16.8 Å². The van der Waals surface area contributed by atoms with Gasteiger partial charge in [0, 0.05) is 12.1 Å². The first-order valence-electron chi connectivity index (χ1n) is 10.1. The first-order chi connectivity index (χ1) is 15.6. The molecule has 0 bridgehead atoms. The zero-order valence-electron chi connectivity index (χ0n) is 18.5. The molecule has 1 heterocycles. The van der Waals surface area contributed by atoms with Crippen LogP contribution in [0, 0.1) is 15.9 Å². The van der Waals surface area contributed by atoms with Gasteiger partial charge in [-0.3, -0.25) is 19.5 Å². The van der Waals surface area contributed by atoms with E-state index in [-0.39, 0.29) is 16.9 Å². The molecule has 0 aliphatic heterocycles. The largest absolute Gasteiger partial charge is 0.320 e. The minimum Gasteiger partial charge on any atom is -0.320 e. The van der Waals surface area contributed by atoms with Gasteiger partial charge in [-0.25, -0.2) is 4.39 Å². The SMILES string of the molecule is C=CCn1c(SCC(=O)Nc2ccc(F)cc2[N+](=O)[O-])nnc1-c1ccc(C(C)(C)C)cc1. The van der Waals surface area contributed by atoms with Crippen LogP contribution in [0.25, 0.3) is 11.4 Å². The molecular formula is C23H24FN5O3S. The second-order valence-corrected chi connectivity index (χ2v) is 9.23. The zero-order valence-corrected chi connectivity index (χ0v) is 19.4. The van der Waals surface area contributed by atoms with Crippen molar-refractivity contribution in [3.63, 3.8) is 0 Å². The number of benzene rings is 2. The van der Waals surface area contributed by atoms with E-state index in [2.05, 4.69) is 55.0 Å². The van der Waals surface area contributed by atoms with Crippen LogP contribution in [0.15, 0.2) is 60.3 Å². The van der Waals surface area contributed by atoms with Crippen molar-refractivity contribution in [3.8, 4) is 11.4 Å². The highest BCUT2D eigenvalue weighted by atomic mass is 32.2. The molecule has 0 fully saturated rings. The highest BCUT2D eigenvalue weighted by molar-refractivity contribution is 7.99. The third-order valence-corrected chi connectivity index (χ3v) is 5.77. The molecule has 0 saturated carbocycles. The molecule has 3 aromatic rings. The molecule has 172 valence electrons. The number of halogens is 1. The van der Waals surface area contributed by atoms with Crippen LogP contribution >= 0.6 is 11.8 Å². The molecule has 1 aromatic heterocycles. The van der Waals surface area contributed by atoms with E-state index in [1.165, 1.54) is 5.56 Å². The molecule has 0 unspecified atom stereocenters. The van der Waals surface area contributed by atoms with Gasteiger partial charge >= 0.3 is 0 Å². The Balaban J connectivity index is 1.76. The lowest BCUT2D eigenvalue weighted by Crippen LogP contribution is -2.16. The van der Waals surface area contributed by atoms with Crippen molar-refractivity contribution in [1.29, 1.82) is 0 Å². The van der Waals surface area contributed by atoms with Gasteiger partial charge in [-0.05, 0) is 23.1 Å². The Kier molecular flexibility index (Phi) is 7.27. The Labute approximate surface area is 195 Å². The van der Waals surface area contributed by atoms with Crippen molar-refractivity contribution in [2.24, 2.45) is 0 Å². The molecular weight excluding hydrogens is 445 g/mol. The summed E-state index contributed by atoms with van der Waals surface area (Å²) in [6, 6.07) is 11.1. The van der Waals surface area contributed by atoms with E-state index in [4.69, 9.17) is 0 Å². The van der Waals surface area contributed by atoms with Crippen molar-refractivity contribution >= 4 is 29.0 Å². The predicted molar refractivity (Wildman–Crippen MR) is 127 cm³/mol. The van der Waals surface area contributed by atoms with Gasteiger partial charge in [0.15, 0.2) is 11.0 Å². The minimum absolute atomic E-state index is 0.0291. The summed E-state index contributed by atoms with van der Waals surface area (Å²) in [6.45, 7) is 10.6. The highest BCUT2D eigenvalue weighted by Crippen LogP contribution is 2.29. The van der Waals surface area contributed by atoms with Crippen LogP contribution in [0.1, 0.15) is 26.3 Å². The maximum Gasteiger partial charge on any atom is 0.295 e. The number of hydrogen-bond donors (Lipinski definition) is 1. The van der Waals surface area contributed by atoms with Crippen LogP contribution in [-0.2, 0) is 16.8 Å². The Morgan fingerprint density at radius 2 is 1.94 bits per heavy atom. The number of aromatic nitrogens is 3. The van der Waals surface area contributed by atoms with Crippen molar-refractivity contribution < 1.29 is 14.1 Å². The Hall–Kier alpha value is -3.53. The summed E-state index contributed by atoms with van der Waals surface area (Å²) in [6.07, 6.45) is 1.71. The van der Waals surface area contributed by atoms with Gasteiger partial charge in [0.2, 0.25) is 5.91 Å². The van der Waals surface area contributed by atoms with Crippen LogP contribution in [0.5, 0.6) is 0 Å². The molecule has 2 aromatic carbocycles. The lowest BCUT2D eigenvalue weighted by Gasteiger charge is -2.19. The quantitative estimate of drug-likeness (QED) is 0.210. The topological polar surface area (TPSA) is 103 Å². The number of nitrogens with one attached hydrogen (secondary N) is 1. The van der Waals surface area contributed by atoms with Gasteiger partial charge in [0.1, 0.15) is 11.5 Å². The number of hydrogen-bond acceptors (Lipinski definition) is 6. The number of nitro groups is 1. The molecule has 0 radical (unpaired) electrons. The average Bonchev–Trinajstić information content (AvgIpc) is 3.15. The summed E-state index contributed by atoms with van der Waals surface area (Å²) >= 11 is 1.14. The second kappa shape index (κ2) is 9.95. The molecule has 10 heteroatoms. The van der Waals surface area contributed by atoms with Crippen LogP contribution in [0.2, 0.25) is 0 Å². The first-order valence-corrected chi connectivity index (χ1v) is 11.1. The van der Waals surface area contributed by atoms with Gasteiger partial charge < -0.3 is 5.32 Å². The fourth-order valence-electron chi connectivity index (χ4n) is 3.10. The van der Waals surface area contributed by atoms with E-state index in [9.17, 15) is 19.3 Å². The molecule has 1 N–H and O–H groups in total. The van der Waals surface area contributed by atoms with E-state index < -0.39 is 22.3 Å². The summed E-state index contributed by atoms with van der Waals surface area (Å²) < 4.78 is 15.2. The number of thioether (sulfide) groups is 1.